The van der Waals surface area contributed by atoms with Crippen LogP contribution in [-0.2, 0) is 0 Å². The minimum Gasteiger partial charge on any atom is -0.231 e. The summed E-state index contributed by atoms with van der Waals surface area (Å²) in [6.45, 7) is 0. The Morgan fingerprint density at radius 3 is 1.11 bits per heavy atom. The lowest BCUT2D eigenvalue weighted by atomic mass is 9.41. The van der Waals surface area contributed by atoms with E-state index >= 15 is 0 Å². The predicted octanol–water partition coefficient (Wildman–Crippen LogP) is 6.64. The molecule has 4 rings (SSSR count). The van der Waals surface area contributed by atoms with E-state index in [-0.39, 0.29) is 6.42 Å². The van der Waals surface area contributed by atoms with Crippen molar-refractivity contribution in [2.75, 3.05) is 0 Å². The summed E-state index contributed by atoms with van der Waals surface area (Å²) in [6.07, 6.45) is -25.5. The van der Waals surface area contributed by atoms with Gasteiger partial charge in [-0.1, -0.05) is 0 Å². The third kappa shape index (κ3) is 2.90. The molecule has 4 aliphatic carbocycles. The molecule has 0 heterocycles. The summed E-state index contributed by atoms with van der Waals surface area (Å²) in [5.74, 6) is -12.3. The molecule has 0 N–H and O–H groups in total. The molecule has 0 radical (unpaired) electrons. The van der Waals surface area contributed by atoms with Crippen LogP contribution in [0.4, 0.5) is 52.7 Å². The van der Waals surface area contributed by atoms with Crippen LogP contribution in [0.1, 0.15) is 38.5 Å². The zero-order chi connectivity index (χ0) is 21.6. The molecule has 0 saturated heterocycles. The molecule has 0 aliphatic heterocycles. The van der Waals surface area contributed by atoms with Gasteiger partial charge in [0.25, 0.3) is 24.2 Å². The van der Waals surface area contributed by atoms with Gasteiger partial charge >= 0.3 is 12.4 Å². The fourth-order valence-electron chi connectivity index (χ4n) is 5.99. The molecule has 0 amide bonds. The molecule has 0 nitrogen and oxygen atoms in total. The zero-order valence-corrected chi connectivity index (χ0v) is 14.1. The fraction of sp³-hybridized carbons (Fsp3) is 1.00. The Balaban J connectivity index is 2.05. The third-order valence-corrected chi connectivity index (χ3v) is 6.69. The van der Waals surface area contributed by atoms with E-state index in [9.17, 15) is 52.7 Å². The van der Waals surface area contributed by atoms with Crippen LogP contribution in [0.25, 0.3) is 0 Å². The lowest BCUT2D eigenvalue weighted by molar-refractivity contribution is -0.343. The van der Waals surface area contributed by atoms with E-state index in [0.717, 1.165) is 0 Å². The van der Waals surface area contributed by atoms with Crippen LogP contribution in [-0.4, -0.2) is 36.5 Å². The molecule has 2 atom stereocenters. The summed E-state index contributed by atoms with van der Waals surface area (Å²) >= 11 is 0. The van der Waals surface area contributed by atoms with Crippen LogP contribution in [0.3, 0.4) is 0 Å². The van der Waals surface area contributed by atoms with Crippen molar-refractivity contribution in [1.29, 1.82) is 0 Å². The van der Waals surface area contributed by atoms with Crippen molar-refractivity contribution in [3.05, 3.63) is 0 Å². The standard InChI is InChI=1S/C16H16F12/c17-9(15(23,24)25)13(19,20)11-2-7-1-8(4-11)5-12(3-7,6-11)14(21,22)10(18)16(26,27)28/h7-10H,1-6H2. The van der Waals surface area contributed by atoms with Crippen LogP contribution in [0, 0.1) is 22.7 Å². The molecule has 4 bridgehead atoms. The minimum atomic E-state index is -5.98. The van der Waals surface area contributed by atoms with Gasteiger partial charge in [0.1, 0.15) is 0 Å². The van der Waals surface area contributed by atoms with Crippen molar-refractivity contribution in [2.45, 2.75) is 75.1 Å². The first kappa shape index (κ1) is 21.9. The minimum absolute atomic E-state index is 0.0571. The van der Waals surface area contributed by atoms with E-state index in [4.69, 9.17) is 0 Å². The molecule has 4 fully saturated rings. The van der Waals surface area contributed by atoms with E-state index in [0.29, 0.717) is 0 Å². The van der Waals surface area contributed by atoms with Crippen LogP contribution in [0.15, 0.2) is 0 Å². The summed E-state index contributed by atoms with van der Waals surface area (Å²) < 4.78 is 161. The molecular formula is C16H16F12. The smallest absolute Gasteiger partial charge is 0.231 e. The number of hydrogen-bond acceptors (Lipinski definition) is 0. The van der Waals surface area contributed by atoms with Gasteiger partial charge in [-0.15, -0.1) is 0 Å². The van der Waals surface area contributed by atoms with Crippen molar-refractivity contribution in [2.24, 2.45) is 22.7 Å². The molecule has 0 spiro atoms. The van der Waals surface area contributed by atoms with Crippen LogP contribution in [0.2, 0.25) is 0 Å². The average Bonchev–Trinajstić information content (AvgIpc) is 2.50. The van der Waals surface area contributed by atoms with Crippen molar-refractivity contribution in [3.63, 3.8) is 0 Å². The first-order valence-corrected chi connectivity index (χ1v) is 8.55. The van der Waals surface area contributed by atoms with Crippen molar-refractivity contribution < 1.29 is 52.7 Å². The highest BCUT2D eigenvalue weighted by molar-refractivity contribution is 5.18. The Hall–Kier alpha value is -0.840. The number of hydrogen-bond donors (Lipinski definition) is 0. The number of halogens is 12. The molecule has 28 heavy (non-hydrogen) atoms. The van der Waals surface area contributed by atoms with Gasteiger partial charge in [-0.2, -0.15) is 26.3 Å². The topological polar surface area (TPSA) is 0 Å². The second-order valence-corrected chi connectivity index (χ2v) is 8.58. The number of alkyl halides is 12. The van der Waals surface area contributed by atoms with Crippen LogP contribution >= 0.6 is 0 Å². The monoisotopic (exact) mass is 436 g/mol. The molecular weight excluding hydrogens is 420 g/mol. The van der Waals surface area contributed by atoms with Crippen LogP contribution < -0.4 is 0 Å². The molecule has 4 aliphatic rings. The summed E-state index contributed by atoms with van der Waals surface area (Å²) in [5.41, 5.74) is -5.78. The molecule has 2 unspecified atom stereocenters. The Morgan fingerprint density at radius 2 is 0.857 bits per heavy atom. The quantitative estimate of drug-likeness (QED) is 0.433. The van der Waals surface area contributed by atoms with E-state index < -0.39 is 91.3 Å². The Morgan fingerprint density at radius 1 is 0.571 bits per heavy atom. The summed E-state index contributed by atoms with van der Waals surface area (Å²) in [5, 5.41) is 0. The highest BCUT2D eigenvalue weighted by atomic mass is 19.4. The first-order valence-electron chi connectivity index (χ1n) is 8.55. The normalized spacial score (nSPS) is 38.6. The molecule has 4 saturated carbocycles. The van der Waals surface area contributed by atoms with Crippen LogP contribution in [0.5, 0.6) is 0 Å². The second kappa shape index (κ2) is 5.86. The largest absolute Gasteiger partial charge is 0.425 e. The Labute approximate surface area is 151 Å². The maximum absolute atomic E-state index is 14.6. The van der Waals surface area contributed by atoms with E-state index in [1.807, 2.05) is 0 Å². The molecule has 0 aromatic carbocycles. The SMILES string of the molecule is FC(C(F)(F)F)C(F)(F)C12CC3CC(C1)CC(C(F)(F)C(F)C(F)(F)F)(C3)C2. The Bertz CT molecular complexity index is 554. The number of rotatable bonds is 4. The molecule has 0 aromatic rings. The van der Waals surface area contributed by atoms with Crippen molar-refractivity contribution >= 4 is 0 Å². The highest BCUT2D eigenvalue weighted by Crippen LogP contribution is 2.74. The third-order valence-electron chi connectivity index (χ3n) is 6.69. The molecule has 0 aromatic heterocycles. The fourth-order valence-corrected chi connectivity index (χ4v) is 5.99. The molecule has 164 valence electrons. The lowest BCUT2D eigenvalue weighted by Crippen LogP contribution is -2.68. The summed E-state index contributed by atoms with van der Waals surface area (Å²) in [7, 11) is 0. The van der Waals surface area contributed by atoms with Gasteiger partial charge in [0.15, 0.2) is 0 Å². The van der Waals surface area contributed by atoms with Gasteiger partial charge in [0.2, 0.25) is 0 Å². The summed E-state index contributed by atoms with van der Waals surface area (Å²) in [6, 6.07) is 0. The average molecular weight is 436 g/mol. The maximum Gasteiger partial charge on any atom is 0.425 e. The van der Waals surface area contributed by atoms with Gasteiger partial charge in [-0.3, -0.25) is 0 Å². The predicted molar refractivity (Wildman–Crippen MR) is 71.3 cm³/mol. The first-order chi connectivity index (χ1) is 12.4. The summed E-state index contributed by atoms with van der Waals surface area (Å²) in [4.78, 5) is 0. The lowest BCUT2D eigenvalue weighted by Gasteiger charge is -2.65. The van der Waals surface area contributed by atoms with E-state index in [1.165, 1.54) is 0 Å². The maximum atomic E-state index is 14.6. The van der Waals surface area contributed by atoms with Gasteiger partial charge in [-0.25, -0.2) is 26.3 Å². The van der Waals surface area contributed by atoms with Gasteiger partial charge in [0.05, 0.1) is 0 Å². The second-order valence-electron chi connectivity index (χ2n) is 8.58. The van der Waals surface area contributed by atoms with Crippen molar-refractivity contribution in [3.8, 4) is 0 Å². The Kier molecular flexibility index (Phi) is 4.57. The zero-order valence-electron chi connectivity index (χ0n) is 14.1. The molecule has 12 heteroatoms. The van der Waals surface area contributed by atoms with Gasteiger partial charge in [0, 0.05) is 10.8 Å². The van der Waals surface area contributed by atoms with Gasteiger partial charge < -0.3 is 0 Å². The van der Waals surface area contributed by atoms with E-state index in [2.05, 4.69) is 0 Å². The highest BCUT2D eigenvalue weighted by Gasteiger charge is 2.78. The van der Waals surface area contributed by atoms with Gasteiger partial charge in [-0.05, 0) is 50.4 Å². The van der Waals surface area contributed by atoms with E-state index in [1.54, 1.807) is 0 Å². The van der Waals surface area contributed by atoms with Crippen molar-refractivity contribution in [1.82, 2.24) is 0 Å².